The van der Waals surface area contributed by atoms with Crippen LogP contribution in [0.2, 0.25) is 0 Å². The minimum Gasteiger partial charge on any atom is -0.361 e. The second kappa shape index (κ2) is 10.1. The molecule has 1 saturated heterocycles. The number of aliphatic imine (C=N–C) groups is 1. The van der Waals surface area contributed by atoms with Crippen LogP contribution in [0.25, 0.3) is 0 Å². The van der Waals surface area contributed by atoms with E-state index in [-0.39, 0.29) is 5.91 Å². The lowest BCUT2D eigenvalue weighted by Crippen LogP contribution is -2.39. The van der Waals surface area contributed by atoms with E-state index in [9.17, 15) is 4.79 Å². The first kappa shape index (κ1) is 19.3. The molecule has 0 radical (unpaired) electrons. The van der Waals surface area contributed by atoms with Gasteiger partial charge in [-0.15, -0.1) is 0 Å². The Balaban J connectivity index is 1.89. The summed E-state index contributed by atoms with van der Waals surface area (Å²) in [7, 11) is 0. The minimum absolute atomic E-state index is 0.224. The van der Waals surface area contributed by atoms with E-state index < -0.39 is 0 Å². The lowest BCUT2D eigenvalue weighted by atomic mass is 10.1. The van der Waals surface area contributed by atoms with Crippen molar-refractivity contribution in [3.05, 3.63) is 17.0 Å². The predicted molar refractivity (Wildman–Crippen MR) is 98.5 cm³/mol. The molecule has 0 spiro atoms. The Hall–Kier alpha value is -2.05. The van der Waals surface area contributed by atoms with E-state index >= 15 is 0 Å². The van der Waals surface area contributed by atoms with E-state index in [2.05, 4.69) is 34.6 Å². The van der Waals surface area contributed by atoms with Crippen molar-refractivity contribution in [3.8, 4) is 0 Å². The van der Waals surface area contributed by atoms with Crippen LogP contribution >= 0.6 is 0 Å². The molecule has 1 amide bonds. The quantitative estimate of drug-likeness (QED) is 0.553. The summed E-state index contributed by atoms with van der Waals surface area (Å²) in [5.41, 5.74) is 2.05. The zero-order valence-corrected chi connectivity index (χ0v) is 15.7. The van der Waals surface area contributed by atoms with Gasteiger partial charge in [-0.1, -0.05) is 19.0 Å². The minimum atomic E-state index is 0.224. The molecule has 0 saturated carbocycles. The fourth-order valence-electron chi connectivity index (χ4n) is 3.03. The number of hydrogen-bond acceptors (Lipinski definition) is 4. The van der Waals surface area contributed by atoms with Crippen LogP contribution in [0, 0.1) is 0 Å². The fourth-order valence-corrected chi connectivity index (χ4v) is 3.03. The lowest BCUT2D eigenvalue weighted by Gasteiger charge is -2.16. The lowest BCUT2D eigenvalue weighted by molar-refractivity contribution is -0.129. The van der Waals surface area contributed by atoms with Crippen LogP contribution in [-0.2, 0) is 24.2 Å². The largest absolute Gasteiger partial charge is 0.361 e. The molecule has 140 valence electrons. The smallest absolute Gasteiger partial charge is 0.224 e. The number of nitrogens with zero attached hydrogens (tertiary/aromatic N) is 3. The molecular weight excluding hydrogens is 318 g/mol. The molecule has 25 heavy (non-hydrogen) atoms. The first-order valence-corrected chi connectivity index (χ1v) is 9.45. The summed E-state index contributed by atoms with van der Waals surface area (Å²) in [6, 6.07) is 0. The van der Waals surface area contributed by atoms with Crippen molar-refractivity contribution in [3.63, 3.8) is 0 Å². The molecule has 7 heteroatoms. The highest BCUT2D eigenvalue weighted by molar-refractivity contribution is 5.81. The van der Waals surface area contributed by atoms with E-state index in [4.69, 9.17) is 4.52 Å². The average molecular weight is 349 g/mol. The maximum absolute atomic E-state index is 12.1. The number of carbonyl (C=O) groups is 1. The molecular formula is C18H31N5O2. The summed E-state index contributed by atoms with van der Waals surface area (Å²) in [6.07, 6.45) is 4.40. The molecule has 1 aromatic heterocycles. The molecule has 0 atom stereocenters. The van der Waals surface area contributed by atoms with Crippen LogP contribution < -0.4 is 10.6 Å². The fraction of sp³-hybridized carbons (Fsp3) is 0.722. The van der Waals surface area contributed by atoms with Crippen LogP contribution in [0.15, 0.2) is 9.52 Å². The number of nitrogens with one attached hydrogen (secondary N) is 2. The van der Waals surface area contributed by atoms with Crippen LogP contribution in [0.3, 0.4) is 0 Å². The number of aryl methyl sites for hydroxylation is 2. The number of guanidine groups is 1. The van der Waals surface area contributed by atoms with Gasteiger partial charge in [0.25, 0.3) is 0 Å². The molecule has 1 aromatic rings. The van der Waals surface area contributed by atoms with Crippen molar-refractivity contribution in [2.75, 3.05) is 26.2 Å². The highest BCUT2D eigenvalue weighted by atomic mass is 16.5. The van der Waals surface area contributed by atoms with Crippen LogP contribution in [0.5, 0.6) is 0 Å². The maximum atomic E-state index is 12.1. The highest BCUT2D eigenvalue weighted by Gasteiger charge is 2.17. The van der Waals surface area contributed by atoms with Crippen molar-refractivity contribution in [2.45, 2.75) is 59.4 Å². The second-order valence-electron chi connectivity index (χ2n) is 6.20. The summed E-state index contributed by atoms with van der Waals surface area (Å²) in [5.74, 6) is 1.85. The first-order chi connectivity index (χ1) is 12.2. The predicted octanol–water partition coefficient (Wildman–Crippen LogP) is 1.87. The summed E-state index contributed by atoms with van der Waals surface area (Å²) in [6.45, 7) is 9.85. The number of rotatable bonds is 8. The summed E-state index contributed by atoms with van der Waals surface area (Å²) in [5, 5.41) is 10.6. The molecule has 1 fully saturated rings. The first-order valence-electron chi connectivity index (χ1n) is 9.45. The molecule has 2 heterocycles. The molecule has 1 aliphatic rings. The molecule has 1 aliphatic heterocycles. The summed E-state index contributed by atoms with van der Waals surface area (Å²) < 4.78 is 5.39. The molecule has 7 nitrogen and oxygen atoms in total. The highest BCUT2D eigenvalue weighted by Crippen LogP contribution is 2.16. The van der Waals surface area contributed by atoms with Gasteiger partial charge in [-0.05, 0) is 26.2 Å². The van der Waals surface area contributed by atoms with Crippen molar-refractivity contribution in [1.82, 2.24) is 20.7 Å². The Bertz CT molecular complexity index is 555. The monoisotopic (exact) mass is 349 g/mol. The van der Waals surface area contributed by atoms with Gasteiger partial charge in [0, 0.05) is 44.6 Å². The van der Waals surface area contributed by atoms with Gasteiger partial charge < -0.3 is 20.1 Å². The SMILES string of the molecule is CCNC(=NCc1c(CC)noc1CC)NCCC(=O)N1CCCC1. The van der Waals surface area contributed by atoms with Gasteiger partial charge in [0.1, 0.15) is 5.76 Å². The Morgan fingerprint density at radius 1 is 1.20 bits per heavy atom. The number of aromatic nitrogens is 1. The van der Waals surface area contributed by atoms with Crippen LogP contribution in [0.4, 0.5) is 0 Å². The number of likely N-dealkylation sites (tertiary alicyclic amines) is 1. The zero-order valence-electron chi connectivity index (χ0n) is 15.7. The van der Waals surface area contributed by atoms with Gasteiger partial charge in [-0.2, -0.15) is 0 Å². The second-order valence-corrected chi connectivity index (χ2v) is 6.20. The van der Waals surface area contributed by atoms with Gasteiger partial charge in [-0.25, -0.2) is 4.99 Å². The normalized spacial score (nSPS) is 14.8. The third kappa shape index (κ3) is 5.47. The third-order valence-electron chi connectivity index (χ3n) is 4.44. The molecule has 2 N–H and O–H groups in total. The molecule has 2 rings (SSSR count). The standard InChI is InChI=1S/C18H31N5O2/c1-4-15-14(16(5-2)25-22-15)13-21-18(19-6-3)20-10-9-17(24)23-11-7-8-12-23/h4-13H2,1-3H3,(H2,19,20,21). The molecule has 0 aliphatic carbocycles. The van der Waals surface area contributed by atoms with Gasteiger partial charge in [0.2, 0.25) is 5.91 Å². The topological polar surface area (TPSA) is 82.8 Å². The van der Waals surface area contributed by atoms with Crippen LogP contribution in [0.1, 0.15) is 57.1 Å². The molecule has 0 aromatic carbocycles. The van der Waals surface area contributed by atoms with Gasteiger partial charge in [0.15, 0.2) is 5.96 Å². The Kier molecular flexibility index (Phi) is 7.76. The van der Waals surface area contributed by atoms with E-state index in [1.165, 1.54) is 0 Å². The maximum Gasteiger partial charge on any atom is 0.224 e. The van der Waals surface area contributed by atoms with Crippen molar-refractivity contribution in [2.24, 2.45) is 4.99 Å². The number of carbonyl (C=O) groups excluding carboxylic acids is 1. The van der Waals surface area contributed by atoms with E-state index in [0.717, 1.165) is 68.3 Å². The third-order valence-corrected chi connectivity index (χ3v) is 4.44. The zero-order chi connectivity index (χ0) is 18.1. The Morgan fingerprint density at radius 2 is 1.96 bits per heavy atom. The average Bonchev–Trinajstić information content (AvgIpc) is 3.28. The van der Waals surface area contributed by atoms with E-state index in [1.807, 2.05) is 11.8 Å². The van der Waals surface area contributed by atoms with E-state index in [1.54, 1.807) is 0 Å². The van der Waals surface area contributed by atoms with E-state index in [0.29, 0.717) is 19.5 Å². The molecule has 0 unspecified atom stereocenters. The Labute approximate surface area is 150 Å². The van der Waals surface area contributed by atoms with Crippen molar-refractivity contribution >= 4 is 11.9 Å². The van der Waals surface area contributed by atoms with Gasteiger partial charge >= 0.3 is 0 Å². The van der Waals surface area contributed by atoms with Gasteiger partial charge in [-0.3, -0.25) is 4.79 Å². The Morgan fingerprint density at radius 3 is 2.60 bits per heavy atom. The number of amides is 1. The van der Waals surface area contributed by atoms with Gasteiger partial charge in [0.05, 0.1) is 12.2 Å². The molecule has 0 bridgehead atoms. The summed E-state index contributed by atoms with van der Waals surface area (Å²) >= 11 is 0. The van der Waals surface area contributed by atoms with Crippen LogP contribution in [-0.4, -0.2) is 48.1 Å². The number of hydrogen-bond donors (Lipinski definition) is 2. The van der Waals surface area contributed by atoms with Crippen molar-refractivity contribution < 1.29 is 9.32 Å². The van der Waals surface area contributed by atoms with Crippen molar-refractivity contribution in [1.29, 1.82) is 0 Å². The summed E-state index contributed by atoms with van der Waals surface area (Å²) in [4.78, 5) is 18.7.